The normalized spacial score (nSPS) is 15.9. The zero-order valence-electron chi connectivity index (χ0n) is 14.4. The Hall–Kier alpha value is -1.85. The van der Waals surface area contributed by atoms with Gasteiger partial charge in [0, 0.05) is 56.4 Å². The summed E-state index contributed by atoms with van der Waals surface area (Å²) in [5, 5.41) is 13.8. The van der Waals surface area contributed by atoms with Crippen molar-refractivity contribution in [3.8, 4) is 0 Å². The summed E-state index contributed by atoms with van der Waals surface area (Å²) >= 11 is 0. The maximum absolute atomic E-state index is 11.3. The molecule has 2 heterocycles. The van der Waals surface area contributed by atoms with E-state index in [0.29, 0.717) is 5.56 Å². The number of rotatable bonds is 7. The molecule has 1 aromatic carbocycles. The fourth-order valence-electron chi connectivity index (χ4n) is 3.43. The molecule has 1 aliphatic heterocycles. The molecule has 0 unspecified atom stereocenters. The Kier molecular flexibility index (Phi) is 5.53. The van der Waals surface area contributed by atoms with E-state index in [9.17, 15) is 9.90 Å². The summed E-state index contributed by atoms with van der Waals surface area (Å²) in [5.41, 5.74) is 2.80. The summed E-state index contributed by atoms with van der Waals surface area (Å²) in [4.78, 5) is 13.8. The maximum Gasteiger partial charge on any atom is 0.335 e. The van der Waals surface area contributed by atoms with E-state index in [1.165, 1.54) is 5.56 Å². The van der Waals surface area contributed by atoms with Crippen molar-refractivity contribution in [2.75, 3.05) is 32.7 Å². The Balaban J connectivity index is 1.85. The predicted molar refractivity (Wildman–Crippen MR) is 96.8 cm³/mol. The van der Waals surface area contributed by atoms with Crippen molar-refractivity contribution < 1.29 is 9.90 Å². The van der Waals surface area contributed by atoms with Gasteiger partial charge in [0.15, 0.2) is 0 Å². The van der Waals surface area contributed by atoms with Crippen LogP contribution in [0.3, 0.4) is 0 Å². The molecule has 3 rings (SSSR count). The SMILES string of the molecule is CCCCn1cc(CCN2CCNCC2)c2cc(C(=O)O)ccc21. The Morgan fingerprint density at radius 3 is 2.75 bits per heavy atom. The predicted octanol–water partition coefficient (Wildman–Crippen LogP) is 2.59. The van der Waals surface area contributed by atoms with Crippen LogP contribution in [0.5, 0.6) is 0 Å². The van der Waals surface area contributed by atoms with Crippen LogP contribution in [0.1, 0.15) is 35.7 Å². The van der Waals surface area contributed by atoms with E-state index in [4.69, 9.17) is 0 Å². The summed E-state index contributed by atoms with van der Waals surface area (Å²) in [7, 11) is 0. The lowest BCUT2D eigenvalue weighted by atomic mass is 10.1. The number of fused-ring (bicyclic) bond motifs is 1. The molecule has 1 fully saturated rings. The van der Waals surface area contributed by atoms with Crippen molar-refractivity contribution in [3.05, 3.63) is 35.5 Å². The van der Waals surface area contributed by atoms with Gasteiger partial charge in [0.2, 0.25) is 0 Å². The Morgan fingerprint density at radius 1 is 1.25 bits per heavy atom. The van der Waals surface area contributed by atoms with Gasteiger partial charge >= 0.3 is 5.97 Å². The molecule has 0 radical (unpaired) electrons. The molecule has 0 amide bonds. The summed E-state index contributed by atoms with van der Waals surface area (Å²) < 4.78 is 2.29. The topological polar surface area (TPSA) is 57.5 Å². The quantitative estimate of drug-likeness (QED) is 0.820. The third-order valence-corrected chi connectivity index (χ3v) is 4.87. The number of aryl methyl sites for hydroxylation is 1. The van der Waals surface area contributed by atoms with Crippen molar-refractivity contribution >= 4 is 16.9 Å². The van der Waals surface area contributed by atoms with Crippen molar-refractivity contribution in [2.24, 2.45) is 0 Å². The lowest BCUT2D eigenvalue weighted by Crippen LogP contribution is -2.44. The minimum Gasteiger partial charge on any atom is -0.478 e. The van der Waals surface area contributed by atoms with Gasteiger partial charge in [-0.2, -0.15) is 0 Å². The van der Waals surface area contributed by atoms with E-state index in [-0.39, 0.29) is 0 Å². The number of hydrogen-bond acceptors (Lipinski definition) is 3. The number of carbonyl (C=O) groups is 1. The summed E-state index contributed by atoms with van der Waals surface area (Å²) in [6.45, 7) is 8.52. The molecule has 130 valence electrons. The molecule has 2 N–H and O–H groups in total. The van der Waals surface area contributed by atoms with Gasteiger partial charge in [-0.05, 0) is 36.6 Å². The Labute approximate surface area is 143 Å². The highest BCUT2D eigenvalue weighted by atomic mass is 16.4. The largest absolute Gasteiger partial charge is 0.478 e. The standard InChI is InChI=1S/C19H27N3O2/c1-2-3-9-22-14-16(6-10-21-11-7-20-8-12-21)17-13-15(19(23)24)4-5-18(17)22/h4-5,13-14,20H,2-3,6-12H2,1H3,(H,23,24). The number of nitrogens with zero attached hydrogens (tertiary/aromatic N) is 2. The van der Waals surface area contributed by atoms with Crippen LogP contribution in [-0.2, 0) is 13.0 Å². The molecule has 2 aromatic rings. The van der Waals surface area contributed by atoms with E-state index >= 15 is 0 Å². The van der Waals surface area contributed by atoms with Crippen LogP contribution in [0.15, 0.2) is 24.4 Å². The first-order chi connectivity index (χ1) is 11.7. The highest BCUT2D eigenvalue weighted by molar-refractivity contribution is 5.95. The lowest BCUT2D eigenvalue weighted by molar-refractivity contribution is 0.0697. The van der Waals surface area contributed by atoms with E-state index in [1.807, 2.05) is 12.1 Å². The molecule has 0 aliphatic carbocycles. The van der Waals surface area contributed by atoms with Crippen LogP contribution in [0, 0.1) is 0 Å². The number of nitrogens with one attached hydrogen (secondary N) is 1. The van der Waals surface area contributed by atoms with E-state index in [1.54, 1.807) is 6.07 Å². The van der Waals surface area contributed by atoms with Gasteiger partial charge in [-0.3, -0.25) is 0 Å². The molecule has 0 bridgehead atoms. The number of hydrogen-bond donors (Lipinski definition) is 2. The van der Waals surface area contributed by atoms with E-state index in [2.05, 4.69) is 27.9 Å². The number of benzene rings is 1. The molecule has 24 heavy (non-hydrogen) atoms. The zero-order chi connectivity index (χ0) is 16.9. The van der Waals surface area contributed by atoms with Crippen molar-refractivity contribution in [2.45, 2.75) is 32.7 Å². The minimum atomic E-state index is -0.855. The first-order valence-corrected chi connectivity index (χ1v) is 8.97. The second kappa shape index (κ2) is 7.81. The average Bonchev–Trinajstić information content (AvgIpc) is 2.96. The van der Waals surface area contributed by atoms with Crippen molar-refractivity contribution in [3.63, 3.8) is 0 Å². The first-order valence-electron chi connectivity index (χ1n) is 8.97. The fraction of sp³-hybridized carbons (Fsp3) is 0.526. The zero-order valence-corrected chi connectivity index (χ0v) is 14.4. The molecular weight excluding hydrogens is 302 g/mol. The second-order valence-corrected chi connectivity index (χ2v) is 6.58. The van der Waals surface area contributed by atoms with Crippen molar-refractivity contribution in [1.29, 1.82) is 0 Å². The molecule has 5 nitrogen and oxygen atoms in total. The molecule has 1 aliphatic rings. The smallest absolute Gasteiger partial charge is 0.335 e. The molecule has 1 aromatic heterocycles. The molecule has 0 atom stereocenters. The molecule has 0 spiro atoms. The third-order valence-electron chi connectivity index (χ3n) is 4.87. The fourth-order valence-corrected chi connectivity index (χ4v) is 3.43. The van der Waals surface area contributed by atoms with Crippen LogP contribution in [0.2, 0.25) is 0 Å². The van der Waals surface area contributed by atoms with E-state index < -0.39 is 5.97 Å². The van der Waals surface area contributed by atoms with Crippen LogP contribution in [0.25, 0.3) is 10.9 Å². The average molecular weight is 329 g/mol. The van der Waals surface area contributed by atoms with Crippen molar-refractivity contribution in [1.82, 2.24) is 14.8 Å². The van der Waals surface area contributed by atoms with Crippen LogP contribution < -0.4 is 5.32 Å². The highest BCUT2D eigenvalue weighted by Crippen LogP contribution is 2.24. The summed E-state index contributed by atoms with van der Waals surface area (Å²) in [6, 6.07) is 5.52. The Morgan fingerprint density at radius 2 is 2.04 bits per heavy atom. The van der Waals surface area contributed by atoms with Crippen LogP contribution in [0.4, 0.5) is 0 Å². The van der Waals surface area contributed by atoms with Gasteiger partial charge in [0.1, 0.15) is 0 Å². The molecule has 5 heteroatoms. The van der Waals surface area contributed by atoms with Gasteiger partial charge < -0.3 is 19.9 Å². The van der Waals surface area contributed by atoms with Gasteiger partial charge in [-0.25, -0.2) is 4.79 Å². The molecular formula is C19H27N3O2. The molecule has 1 saturated heterocycles. The second-order valence-electron chi connectivity index (χ2n) is 6.58. The molecule has 0 saturated carbocycles. The number of unbranched alkanes of at least 4 members (excludes halogenated alkanes) is 1. The summed E-state index contributed by atoms with van der Waals surface area (Å²) in [5.74, 6) is -0.855. The number of aromatic nitrogens is 1. The Bertz CT molecular complexity index is 702. The van der Waals surface area contributed by atoms with Gasteiger partial charge in [0.25, 0.3) is 0 Å². The maximum atomic E-state index is 11.3. The minimum absolute atomic E-state index is 0.374. The number of carboxylic acid groups (broad SMARTS) is 1. The summed E-state index contributed by atoms with van der Waals surface area (Å²) in [6.07, 6.45) is 5.50. The third kappa shape index (κ3) is 3.79. The van der Waals surface area contributed by atoms with Gasteiger partial charge in [-0.15, -0.1) is 0 Å². The number of aromatic carboxylic acids is 1. The van der Waals surface area contributed by atoms with Gasteiger partial charge in [-0.1, -0.05) is 13.3 Å². The number of piperazine rings is 1. The first kappa shape index (κ1) is 17.0. The number of carboxylic acids is 1. The monoisotopic (exact) mass is 329 g/mol. The lowest BCUT2D eigenvalue weighted by Gasteiger charge is -2.26. The van der Waals surface area contributed by atoms with Crippen LogP contribution in [-0.4, -0.2) is 53.3 Å². The van der Waals surface area contributed by atoms with E-state index in [0.717, 1.165) is 69.4 Å². The van der Waals surface area contributed by atoms with Gasteiger partial charge in [0.05, 0.1) is 5.56 Å². The highest BCUT2D eigenvalue weighted by Gasteiger charge is 2.14. The van der Waals surface area contributed by atoms with Crippen LogP contribution >= 0.6 is 0 Å².